The number of para-hydroxylation sites is 1. The number of nitrogens with one attached hydrogen (secondary N) is 2. The molecule has 0 saturated carbocycles. The van der Waals surface area contributed by atoms with Crippen molar-refractivity contribution in [1.29, 1.82) is 0 Å². The van der Waals surface area contributed by atoms with E-state index in [1.807, 2.05) is 36.4 Å². The Kier molecular flexibility index (Phi) is 6.70. The second kappa shape index (κ2) is 9.61. The summed E-state index contributed by atoms with van der Waals surface area (Å²) in [5.41, 5.74) is 1.32. The summed E-state index contributed by atoms with van der Waals surface area (Å²) in [5.74, 6) is -0.635. The lowest BCUT2D eigenvalue weighted by Gasteiger charge is -2.03. The molecule has 0 unspecified atom stereocenters. The number of thiocarbonyl (C=S) groups is 1. The average Bonchev–Trinajstić information content (AvgIpc) is 3.08. The molecule has 0 bridgehead atoms. The Morgan fingerprint density at radius 3 is 2.48 bits per heavy atom. The molecule has 0 aliphatic rings. The molecule has 2 N–H and O–H groups in total. The number of aliphatic imine (C=N–C) groups is 1. The van der Waals surface area contributed by atoms with E-state index in [0.29, 0.717) is 12.2 Å². The van der Waals surface area contributed by atoms with Crippen LogP contribution in [0.15, 0.2) is 70.5 Å². The first-order valence-corrected chi connectivity index (χ1v) is 9.44. The van der Waals surface area contributed by atoms with Gasteiger partial charge in [0.2, 0.25) is 0 Å². The van der Waals surface area contributed by atoms with Crippen molar-refractivity contribution in [3.63, 3.8) is 0 Å². The number of benzene rings is 2. The summed E-state index contributed by atoms with van der Waals surface area (Å²) in [6, 6.07) is 18.6. The van der Waals surface area contributed by atoms with E-state index in [4.69, 9.17) is 17.0 Å². The van der Waals surface area contributed by atoms with E-state index in [-0.39, 0.29) is 23.0 Å². The maximum absolute atomic E-state index is 12.9. The number of carbonyl (C=O) groups excluding carboxylic acids is 1. The molecule has 0 spiro atoms. The molecule has 0 radical (unpaired) electrons. The van der Waals surface area contributed by atoms with Gasteiger partial charge in [-0.05, 0) is 36.8 Å². The molecule has 0 aliphatic carbocycles. The Bertz CT molecular complexity index is 1070. The van der Waals surface area contributed by atoms with E-state index in [1.165, 1.54) is 10.9 Å². The van der Waals surface area contributed by atoms with Gasteiger partial charge in [0, 0.05) is 12.8 Å². The third kappa shape index (κ3) is 5.05. The molecule has 0 saturated heterocycles. The molecular weight excluding hydrogens is 388 g/mol. The van der Waals surface area contributed by atoms with Crippen molar-refractivity contribution in [3.8, 4) is 5.69 Å². The van der Waals surface area contributed by atoms with Gasteiger partial charge in [0.15, 0.2) is 10.8 Å². The maximum Gasteiger partial charge on any atom is 0.357 e. The number of aromatic amines is 1. The smallest absolute Gasteiger partial charge is 0.357 e. The zero-order valence-corrected chi connectivity index (χ0v) is 16.6. The maximum atomic E-state index is 12.9. The minimum atomic E-state index is -0.635. The first kappa shape index (κ1) is 20.2. The van der Waals surface area contributed by atoms with E-state index < -0.39 is 11.5 Å². The molecule has 3 aromatic rings. The third-order valence-electron chi connectivity index (χ3n) is 4.02. The number of nitrogens with zero attached hydrogens (tertiary/aromatic N) is 2. The van der Waals surface area contributed by atoms with Gasteiger partial charge in [-0.2, -0.15) is 0 Å². The zero-order valence-electron chi connectivity index (χ0n) is 15.8. The molecule has 1 aromatic heterocycles. The van der Waals surface area contributed by atoms with Crippen molar-refractivity contribution in [2.24, 2.45) is 4.99 Å². The number of H-pyrrole nitrogens is 1. The van der Waals surface area contributed by atoms with Gasteiger partial charge in [0.25, 0.3) is 5.56 Å². The predicted octanol–water partition coefficient (Wildman–Crippen LogP) is 2.84. The molecule has 2 aromatic carbocycles. The van der Waals surface area contributed by atoms with Crippen molar-refractivity contribution in [1.82, 2.24) is 15.1 Å². The Morgan fingerprint density at radius 2 is 1.83 bits per heavy atom. The van der Waals surface area contributed by atoms with Crippen LogP contribution < -0.4 is 10.9 Å². The average molecular weight is 408 g/mol. The molecule has 0 fully saturated rings. The fourth-order valence-electron chi connectivity index (χ4n) is 2.63. The normalized spacial score (nSPS) is 10.8. The first-order valence-electron chi connectivity index (χ1n) is 9.03. The Hall–Kier alpha value is -3.52. The summed E-state index contributed by atoms with van der Waals surface area (Å²) < 4.78 is 6.32. The number of rotatable bonds is 6. The molecule has 0 amide bonds. The summed E-state index contributed by atoms with van der Waals surface area (Å²) in [7, 11) is 0. The van der Waals surface area contributed by atoms with Crippen LogP contribution in [0.5, 0.6) is 0 Å². The molecule has 148 valence electrons. The highest BCUT2D eigenvalue weighted by Crippen LogP contribution is 2.08. The fraction of sp³-hybridized carbons (Fsp3) is 0.143. The number of carbonyl (C=O) groups is 1. The van der Waals surface area contributed by atoms with Gasteiger partial charge in [0.05, 0.1) is 17.9 Å². The second-order valence-corrected chi connectivity index (χ2v) is 6.39. The van der Waals surface area contributed by atoms with Crippen molar-refractivity contribution < 1.29 is 9.53 Å². The summed E-state index contributed by atoms with van der Waals surface area (Å²) in [6.45, 7) is 2.38. The van der Waals surface area contributed by atoms with Crippen LogP contribution in [-0.4, -0.2) is 33.7 Å². The van der Waals surface area contributed by atoms with Gasteiger partial charge in [-0.1, -0.05) is 48.5 Å². The number of esters is 1. The van der Waals surface area contributed by atoms with Crippen molar-refractivity contribution in [3.05, 3.63) is 87.8 Å². The Morgan fingerprint density at radius 1 is 1.17 bits per heavy atom. The second-order valence-electron chi connectivity index (χ2n) is 6.00. The molecule has 0 aliphatic heterocycles. The van der Waals surface area contributed by atoms with E-state index in [2.05, 4.69) is 15.4 Å². The quantitative estimate of drug-likeness (QED) is 0.372. The number of hydrogen-bond acceptors (Lipinski definition) is 4. The van der Waals surface area contributed by atoms with Crippen molar-refractivity contribution in [2.75, 3.05) is 6.61 Å². The molecule has 0 atom stereocenters. The highest BCUT2D eigenvalue weighted by molar-refractivity contribution is 7.80. The SMILES string of the molecule is CCOC(=O)c1[nH]n(-c2ccccc2)c(=O)c1C=NC(=S)NCc1ccccc1. The molecule has 7 nitrogen and oxygen atoms in total. The van der Waals surface area contributed by atoms with Crippen LogP contribution in [0.25, 0.3) is 5.69 Å². The minimum absolute atomic E-state index is 0.0234. The van der Waals surface area contributed by atoms with Crippen LogP contribution in [0.1, 0.15) is 28.5 Å². The number of ether oxygens (including phenoxy) is 1. The molecule has 29 heavy (non-hydrogen) atoms. The van der Waals surface area contributed by atoms with Crippen molar-refractivity contribution in [2.45, 2.75) is 13.5 Å². The van der Waals surface area contributed by atoms with Crippen LogP contribution in [0.2, 0.25) is 0 Å². The summed E-state index contributed by atoms with van der Waals surface area (Å²) in [4.78, 5) is 29.3. The first-order chi connectivity index (χ1) is 14.1. The molecule has 1 heterocycles. The highest BCUT2D eigenvalue weighted by atomic mass is 32.1. The van der Waals surface area contributed by atoms with Crippen LogP contribution in [-0.2, 0) is 11.3 Å². The van der Waals surface area contributed by atoms with E-state index in [0.717, 1.165) is 5.56 Å². The predicted molar refractivity (Wildman–Crippen MR) is 116 cm³/mol. The molecule has 3 rings (SSSR count). The monoisotopic (exact) mass is 408 g/mol. The topological polar surface area (TPSA) is 88.5 Å². The zero-order chi connectivity index (χ0) is 20.6. The number of aromatic nitrogens is 2. The fourth-order valence-corrected chi connectivity index (χ4v) is 2.75. The lowest BCUT2D eigenvalue weighted by atomic mass is 10.2. The largest absolute Gasteiger partial charge is 0.461 e. The van der Waals surface area contributed by atoms with Crippen LogP contribution >= 0.6 is 12.2 Å². The summed E-state index contributed by atoms with van der Waals surface area (Å²) in [6.07, 6.45) is 1.28. The van der Waals surface area contributed by atoms with Crippen LogP contribution in [0.4, 0.5) is 0 Å². The molecular formula is C21H20N4O3S. The highest BCUT2D eigenvalue weighted by Gasteiger charge is 2.20. The van der Waals surface area contributed by atoms with Gasteiger partial charge in [0.1, 0.15) is 0 Å². The van der Waals surface area contributed by atoms with Crippen LogP contribution in [0.3, 0.4) is 0 Å². The number of hydrogen-bond donors (Lipinski definition) is 2. The Balaban J connectivity index is 1.85. The Labute approximate surface area is 173 Å². The lowest BCUT2D eigenvalue weighted by Crippen LogP contribution is -2.20. The summed E-state index contributed by atoms with van der Waals surface area (Å²) in [5, 5.41) is 6.01. The van der Waals surface area contributed by atoms with Crippen molar-refractivity contribution >= 4 is 29.5 Å². The van der Waals surface area contributed by atoms with E-state index in [1.54, 1.807) is 31.2 Å². The van der Waals surface area contributed by atoms with Gasteiger partial charge < -0.3 is 10.1 Å². The third-order valence-corrected chi connectivity index (χ3v) is 4.27. The van der Waals surface area contributed by atoms with Gasteiger partial charge in [-0.25, -0.2) is 14.5 Å². The van der Waals surface area contributed by atoms with E-state index >= 15 is 0 Å². The van der Waals surface area contributed by atoms with E-state index in [9.17, 15) is 9.59 Å². The summed E-state index contributed by atoms with van der Waals surface area (Å²) >= 11 is 5.21. The van der Waals surface area contributed by atoms with Gasteiger partial charge >= 0.3 is 5.97 Å². The van der Waals surface area contributed by atoms with Gasteiger partial charge in [-0.15, -0.1) is 0 Å². The minimum Gasteiger partial charge on any atom is -0.461 e. The van der Waals surface area contributed by atoms with Crippen LogP contribution in [0, 0.1) is 0 Å². The van der Waals surface area contributed by atoms with Gasteiger partial charge in [-0.3, -0.25) is 9.89 Å². The standard InChI is InChI=1S/C21H20N4O3S/c1-2-28-20(27)18-17(19(26)25(24-18)16-11-7-4-8-12-16)14-23-21(29)22-13-15-9-5-3-6-10-15/h3-12,14,24H,2,13H2,1H3,(H,22,29). The molecule has 8 heteroatoms. The lowest BCUT2D eigenvalue weighted by molar-refractivity contribution is 0.0519.